The van der Waals surface area contributed by atoms with Gasteiger partial charge in [-0.15, -0.1) is 0 Å². The van der Waals surface area contributed by atoms with Crippen molar-refractivity contribution in [1.29, 1.82) is 0 Å². The molecule has 6 heteroatoms. The molecule has 8 heavy (non-hydrogen) atoms. The fraction of sp³-hybridized carbons (Fsp3) is 0.500. The summed E-state index contributed by atoms with van der Waals surface area (Å²) in [6.45, 7) is 0. The molecule has 0 unspecified atom stereocenters. The molecule has 0 saturated heterocycles. The van der Waals surface area contributed by atoms with E-state index in [1.165, 1.54) is 0 Å². The minimum absolute atomic E-state index is 0.688. The predicted octanol–water partition coefficient (Wildman–Crippen LogP) is 0.811. The molecule has 0 aromatic heterocycles. The summed E-state index contributed by atoms with van der Waals surface area (Å²) in [5, 5.41) is 0. The molecule has 2 nitrogen and oxygen atoms in total. The predicted molar refractivity (Wildman–Crippen MR) is 18.3 cm³/mol. The Morgan fingerprint density at radius 3 is 1.88 bits per heavy atom. The van der Waals surface area contributed by atoms with E-state index in [2.05, 4.69) is 4.74 Å². The van der Waals surface area contributed by atoms with Crippen molar-refractivity contribution in [2.24, 2.45) is 0 Å². The molecular formula is C2F3LiO2. The molecule has 0 radical (unpaired) electrons. The topological polar surface area (TPSA) is 26.3 Å². The van der Waals surface area contributed by atoms with Gasteiger partial charge in [-0.05, 0) is 0 Å². The van der Waals surface area contributed by atoms with Crippen LogP contribution in [0.1, 0.15) is 0 Å². The van der Waals surface area contributed by atoms with Crippen LogP contribution in [0.25, 0.3) is 0 Å². The third kappa shape index (κ3) is 5.86. The number of carbonyl (C=O) groups excluding carboxylic acids is 1. The van der Waals surface area contributed by atoms with Crippen LogP contribution in [-0.2, 0) is 4.74 Å². The molecule has 0 rings (SSSR count). The van der Waals surface area contributed by atoms with Gasteiger partial charge in [0.05, 0.1) is 0 Å². The van der Waals surface area contributed by atoms with Crippen molar-refractivity contribution in [2.45, 2.75) is 6.36 Å². The zero-order valence-corrected chi connectivity index (χ0v) is 3.95. The van der Waals surface area contributed by atoms with Crippen LogP contribution in [-0.4, -0.2) is 28.7 Å². The first-order valence-electron chi connectivity index (χ1n) is 1.68. The maximum atomic E-state index is 10.9. The van der Waals surface area contributed by atoms with Gasteiger partial charge in [0.1, 0.15) is 0 Å². The summed E-state index contributed by atoms with van der Waals surface area (Å²) in [6.07, 6.45) is -4.83. The fourth-order valence-corrected chi connectivity index (χ4v) is 0.163. The summed E-state index contributed by atoms with van der Waals surface area (Å²) in [4.78, 5) is 9.52. The maximum absolute atomic E-state index is 10.9. The molecular weight excluding hydrogens is 120 g/mol. The summed E-state index contributed by atoms with van der Waals surface area (Å²) in [7, 11) is 0. The molecule has 0 aliphatic rings. The Bertz CT molecular complexity index is 97.9. The minimum atomic E-state index is -4.83. The Hall–Kier alpha value is -0.143. The van der Waals surface area contributed by atoms with Crippen molar-refractivity contribution in [1.82, 2.24) is 0 Å². The molecule has 0 fully saturated rings. The Morgan fingerprint density at radius 1 is 1.50 bits per heavy atom. The fourth-order valence-electron chi connectivity index (χ4n) is 0.163. The quantitative estimate of drug-likeness (QED) is 0.442. The monoisotopic (exact) mass is 120 g/mol. The van der Waals surface area contributed by atoms with Crippen LogP contribution < -0.4 is 0 Å². The van der Waals surface area contributed by atoms with E-state index in [0.29, 0.717) is 17.7 Å². The van der Waals surface area contributed by atoms with Gasteiger partial charge in [0.15, 0.2) is 0 Å². The Labute approximate surface area is 52.2 Å². The molecule has 0 heterocycles. The third-order valence-corrected chi connectivity index (χ3v) is 0.259. The van der Waals surface area contributed by atoms with Crippen LogP contribution in [0.5, 0.6) is 0 Å². The van der Waals surface area contributed by atoms with E-state index in [1.54, 1.807) is 0 Å². The van der Waals surface area contributed by atoms with E-state index in [1.807, 2.05) is 0 Å². The van der Waals surface area contributed by atoms with Crippen LogP contribution >= 0.6 is 0 Å². The summed E-state index contributed by atoms with van der Waals surface area (Å²) < 4.78 is 34.0. The zero-order chi connectivity index (χ0) is 6.78. The van der Waals surface area contributed by atoms with E-state index in [9.17, 15) is 18.0 Å². The van der Waals surface area contributed by atoms with Crippen molar-refractivity contribution in [3.63, 3.8) is 0 Å². The summed E-state index contributed by atoms with van der Waals surface area (Å²) in [5.74, 6) is 0. The molecule has 0 N–H and O–H groups in total. The standard InChI is InChI=1S/C2F3O2.Li/c3-2(4,5)7-1-6;. The van der Waals surface area contributed by atoms with Crippen LogP contribution in [0.15, 0.2) is 0 Å². The van der Waals surface area contributed by atoms with Crippen LogP contribution in [0, 0.1) is 0 Å². The number of hydrogen-bond donors (Lipinski definition) is 0. The van der Waals surface area contributed by atoms with Gasteiger partial charge >= 0.3 is 51.4 Å². The van der Waals surface area contributed by atoms with Crippen LogP contribution in [0.3, 0.4) is 0 Å². The number of ether oxygens (including phenoxy) is 1. The van der Waals surface area contributed by atoms with Gasteiger partial charge in [0.2, 0.25) is 0 Å². The number of halogens is 3. The first-order valence-corrected chi connectivity index (χ1v) is 1.68. The Kier molecular flexibility index (Phi) is 2.38. The molecule has 0 aromatic carbocycles. The molecule has 0 amide bonds. The van der Waals surface area contributed by atoms with Crippen molar-refractivity contribution in [3.05, 3.63) is 0 Å². The second-order valence-electron chi connectivity index (χ2n) is 1.04. The average molecular weight is 120 g/mol. The SMILES string of the molecule is [Li][C](=O)OC(F)(F)F. The Balaban J connectivity index is 3.55. The van der Waals surface area contributed by atoms with Crippen LogP contribution in [0.2, 0.25) is 0 Å². The first-order chi connectivity index (χ1) is 3.42. The van der Waals surface area contributed by atoms with Gasteiger partial charge in [0.25, 0.3) is 0 Å². The summed E-state index contributed by atoms with van der Waals surface area (Å²) >= 11 is 0.688. The van der Waals surface area contributed by atoms with Gasteiger partial charge in [-0.25, -0.2) is 0 Å². The molecule has 0 aromatic rings. The van der Waals surface area contributed by atoms with Gasteiger partial charge < -0.3 is 0 Å². The van der Waals surface area contributed by atoms with Gasteiger partial charge in [-0.1, -0.05) is 0 Å². The van der Waals surface area contributed by atoms with E-state index >= 15 is 0 Å². The molecule has 42 valence electrons. The number of hydrogen-bond acceptors (Lipinski definition) is 2. The van der Waals surface area contributed by atoms with Crippen molar-refractivity contribution < 1.29 is 22.7 Å². The molecule has 0 aliphatic carbocycles. The number of rotatable bonds is 0. The molecule has 0 bridgehead atoms. The Morgan fingerprint density at radius 2 is 1.88 bits per heavy atom. The summed E-state index contributed by atoms with van der Waals surface area (Å²) in [6, 6.07) is 0. The van der Waals surface area contributed by atoms with Crippen molar-refractivity contribution in [3.8, 4) is 0 Å². The normalized spacial score (nSPS) is 11.1. The average Bonchev–Trinajstić information content (AvgIpc) is 1.21. The number of carbonyl (C=O) groups is 1. The molecule has 0 saturated carbocycles. The third-order valence-electron chi connectivity index (χ3n) is 0.259. The zero-order valence-electron chi connectivity index (χ0n) is 3.95. The van der Waals surface area contributed by atoms with Crippen molar-refractivity contribution in [2.75, 3.05) is 0 Å². The van der Waals surface area contributed by atoms with Gasteiger partial charge in [0, 0.05) is 0 Å². The second kappa shape index (κ2) is 2.42. The van der Waals surface area contributed by atoms with E-state index < -0.39 is 11.0 Å². The van der Waals surface area contributed by atoms with E-state index in [0.717, 1.165) is 0 Å². The second-order valence-corrected chi connectivity index (χ2v) is 1.04. The van der Waals surface area contributed by atoms with E-state index in [-0.39, 0.29) is 0 Å². The molecule has 0 atom stereocenters. The van der Waals surface area contributed by atoms with Gasteiger partial charge in [-0.3, -0.25) is 0 Å². The van der Waals surface area contributed by atoms with Crippen molar-refractivity contribution >= 4 is 22.4 Å². The first kappa shape index (κ1) is 7.86. The van der Waals surface area contributed by atoms with Gasteiger partial charge in [-0.2, -0.15) is 0 Å². The number of alkyl halides is 3. The molecule has 0 aliphatic heterocycles. The van der Waals surface area contributed by atoms with Crippen LogP contribution in [0.4, 0.5) is 18.0 Å². The van der Waals surface area contributed by atoms with E-state index in [4.69, 9.17) is 0 Å². The molecule has 0 spiro atoms. The summed E-state index contributed by atoms with van der Waals surface area (Å²) in [5.41, 5.74) is 0.